The average Bonchev–Trinajstić information content (AvgIpc) is 2.77. The second kappa shape index (κ2) is 9.23. The highest BCUT2D eigenvalue weighted by molar-refractivity contribution is 5.96. The van der Waals surface area contributed by atoms with E-state index in [1.807, 2.05) is 6.07 Å². The average molecular weight is 385 g/mol. The Labute approximate surface area is 163 Å². The zero-order valence-electron chi connectivity index (χ0n) is 15.9. The molecule has 0 aromatic heterocycles. The molecule has 0 bridgehead atoms. The Morgan fingerprint density at radius 3 is 2.32 bits per heavy atom. The molecule has 1 fully saturated rings. The van der Waals surface area contributed by atoms with Gasteiger partial charge >= 0.3 is 5.97 Å². The number of benzene rings is 2. The SMILES string of the molecule is COc1cccc(C(=O)OC(C(=O)N2CCOCC2)c2ccccc2)c1OC. The number of carbonyl (C=O) groups excluding carboxylic acids is 2. The van der Waals surface area contributed by atoms with Crippen LogP contribution in [0.1, 0.15) is 22.0 Å². The van der Waals surface area contributed by atoms with Gasteiger partial charge in [-0.1, -0.05) is 36.4 Å². The summed E-state index contributed by atoms with van der Waals surface area (Å²) in [7, 11) is 2.93. The Kier molecular flexibility index (Phi) is 6.49. The molecular formula is C21H23NO6. The second-order valence-electron chi connectivity index (χ2n) is 6.17. The van der Waals surface area contributed by atoms with Crippen LogP contribution in [0.2, 0.25) is 0 Å². The number of ether oxygens (including phenoxy) is 4. The summed E-state index contributed by atoms with van der Waals surface area (Å²) in [5, 5.41) is 0. The van der Waals surface area contributed by atoms with Gasteiger partial charge in [-0.15, -0.1) is 0 Å². The molecule has 0 radical (unpaired) electrons. The Morgan fingerprint density at radius 1 is 0.964 bits per heavy atom. The first-order valence-electron chi connectivity index (χ1n) is 8.99. The number of rotatable bonds is 6. The van der Waals surface area contributed by atoms with Crippen LogP contribution in [0.15, 0.2) is 48.5 Å². The molecule has 1 atom stereocenters. The first kappa shape index (κ1) is 19.7. The fourth-order valence-corrected chi connectivity index (χ4v) is 3.06. The summed E-state index contributed by atoms with van der Waals surface area (Å²) in [4.78, 5) is 27.6. The van der Waals surface area contributed by atoms with Gasteiger partial charge in [0.05, 0.1) is 27.4 Å². The van der Waals surface area contributed by atoms with Crippen LogP contribution >= 0.6 is 0 Å². The van der Waals surface area contributed by atoms with Crippen LogP contribution in [-0.4, -0.2) is 57.3 Å². The molecule has 2 aromatic carbocycles. The third-order valence-corrected chi connectivity index (χ3v) is 4.50. The summed E-state index contributed by atoms with van der Waals surface area (Å²) in [6.45, 7) is 1.85. The van der Waals surface area contributed by atoms with E-state index in [2.05, 4.69) is 0 Å². The van der Waals surface area contributed by atoms with Crippen LogP contribution in [0.4, 0.5) is 0 Å². The molecule has 7 nitrogen and oxygen atoms in total. The summed E-state index contributed by atoms with van der Waals surface area (Å²) in [5.74, 6) is -0.260. The normalized spacial score (nSPS) is 14.9. The predicted octanol–water partition coefficient (Wildman–Crippen LogP) is 2.46. The lowest BCUT2D eigenvalue weighted by atomic mass is 10.1. The number of nitrogens with zero attached hydrogens (tertiary/aromatic N) is 1. The minimum atomic E-state index is -1.05. The third-order valence-electron chi connectivity index (χ3n) is 4.50. The number of hydrogen-bond donors (Lipinski definition) is 0. The van der Waals surface area contributed by atoms with Crippen LogP contribution < -0.4 is 9.47 Å². The summed E-state index contributed by atoms with van der Waals surface area (Å²) >= 11 is 0. The molecule has 1 aliphatic heterocycles. The molecule has 0 aliphatic carbocycles. The van der Waals surface area contributed by atoms with E-state index in [1.165, 1.54) is 14.2 Å². The third kappa shape index (κ3) is 4.26. The Morgan fingerprint density at radius 2 is 1.68 bits per heavy atom. The molecule has 3 rings (SSSR count). The molecule has 148 valence electrons. The lowest BCUT2D eigenvalue weighted by Gasteiger charge is -2.30. The Hall–Kier alpha value is -3.06. The molecule has 1 unspecified atom stereocenters. The van der Waals surface area contributed by atoms with Gasteiger partial charge in [0.15, 0.2) is 11.5 Å². The fourth-order valence-electron chi connectivity index (χ4n) is 3.06. The van der Waals surface area contributed by atoms with Crippen molar-refractivity contribution in [3.05, 3.63) is 59.7 Å². The first-order valence-corrected chi connectivity index (χ1v) is 8.99. The van der Waals surface area contributed by atoms with Crippen LogP contribution in [-0.2, 0) is 14.3 Å². The van der Waals surface area contributed by atoms with Gasteiger partial charge in [0.2, 0.25) is 6.10 Å². The van der Waals surface area contributed by atoms with E-state index in [0.29, 0.717) is 37.6 Å². The quantitative estimate of drug-likeness (QED) is 0.711. The van der Waals surface area contributed by atoms with Crippen molar-refractivity contribution in [2.45, 2.75) is 6.10 Å². The number of methoxy groups -OCH3 is 2. The molecular weight excluding hydrogens is 362 g/mol. The standard InChI is InChI=1S/C21H23NO6/c1-25-17-10-6-9-16(19(17)26-2)21(24)28-18(15-7-4-3-5-8-15)20(23)22-11-13-27-14-12-22/h3-10,18H,11-14H2,1-2H3. The van der Waals surface area contributed by atoms with E-state index >= 15 is 0 Å². The van der Waals surface area contributed by atoms with Crippen LogP contribution in [0.3, 0.4) is 0 Å². The lowest BCUT2D eigenvalue weighted by molar-refractivity contribution is -0.145. The van der Waals surface area contributed by atoms with E-state index in [9.17, 15) is 9.59 Å². The molecule has 1 saturated heterocycles. The van der Waals surface area contributed by atoms with Crippen molar-refractivity contribution in [3.8, 4) is 11.5 Å². The van der Waals surface area contributed by atoms with Gasteiger partial charge in [-0.25, -0.2) is 4.79 Å². The van der Waals surface area contributed by atoms with Crippen molar-refractivity contribution in [2.75, 3.05) is 40.5 Å². The van der Waals surface area contributed by atoms with Gasteiger partial charge in [0.25, 0.3) is 5.91 Å². The molecule has 1 heterocycles. The molecule has 0 spiro atoms. The van der Waals surface area contributed by atoms with E-state index in [0.717, 1.165) is 0 Å². The highest BCUT2D eigenvalue weighted by Crippen LogP contribution is 2.32. The topological polar surface area (TPSA) is 74.3 Å². The molecule has 28 heavy (non-hydrogen) atoms. The number of carbonyl (C=O) groups is 2. The number of esters is 1. The predicted molar refractivity (Wildman–Crippen MR) is 102 cm³/mol. The van der Waals surface area contributed by atoms with Crippen molar-refractivity contribution in [3.63, 3.8) is 0 Å². The number of para-hydroxylation sites is 1. The van der Waals surface area contributed by atoms with Crippen molar-refractivity contribution < 1.29 is 28.5 Å². The van der Waals surface area contributed by atoms with Crippen molar-refractivity contribution in [2.24, 2.45) is 0 Å². The fraction of sp³-hybridized carbons (Fsp3) is 0.333. The summed E-state index contributed by atoms with van der Waals surface area (Å²) in [6.07, 6.45) is -1.05. The van der Waals surface area contributed by atoms with Crippen molar-refractivity contribution in [1.29, 1.82) is 0 Å². The lowest BCUT2D eigenvalue weighted by Crippen LogP contribution is -2.44. The number of morpholine rings is 1. The first-order chi connectivity index (χ1) is 13.7. The zero-order chi connectivity index (χ0) is 19.9. The van der Waals surface area contributed by atoms with E-state index in [4.69, 9.17) is 18.9 Å². The molecule has 0 saturated carbocycles. The molecule has 0 N–H and O–H groups in total. The van der Waals surface area contributed by atoms with Gasteiger partial charge in [-0.2, -0.15) is 0 Å². The van der Waals surface area contributed by atoms with Gasteiger partial charge in [-0.3, -0.25) is 4.79 Å². The molecule has 2 aromatic rings. The largest absolute Gasteiger partial charge is 0.493 e. The number of hydrogen-bond acceptors (Lipinski definition) is 6. The Bertz CT molecular complexity index is 817. The van der Waals surface area contributed by atoms with Gasteiger partial charge in [0.1, 0.15) is 5.56 Å². The second-order valence-corrected chi connectivity index (χ2v) is 6.17. The smallest absolute Gasteiger partial charge is 0.343 e. The minimum Gasteiger partial charge on any atom is -0.493 e. The highest BCUT2D eigenvalue weighted by atomic mass is 16.6. The van der Waals surface area contributed by atoms with Gasteiger partial charge in [-0.05, 0) is 12.1 Å². The zero-order valence-corrected chi connectivity index (χ0v) is 15.9. The molecule has 7 heteroatoms. The highest BCUT2D eigenvalue weighted by Gasteiger charge is 2.32. The van der Waals surface area contributed by atoms with E-state index in [1.54, 1.807) is 47.4 Å². The van der Waals surface area contributed by atoms with Crippen LogP contribution in [0.25, 0.3) is 0 Å². The van der Waals surface area contributed by atoms with E-state index < -0.39 is 12.1 Å². The monoisotopic (exact) mass is 385 g/mol. The van der Waals surface area contributed by atoms with Gasteiger partial charge < -0.3 is 23.8 Å². The maximum atomic E-state index is 13.1. The van der Waals surface area contributed by atoms with Crippen molar-refractivity contribution in [1.82, 2.24) is 4.90 Å². The maximum Gasteiger partial charge on any atom is 0.343 e. The molecule has 1 aliphatic rings. The van der Waals surface area contributed by atoms with Crippen LogP contribution in [0, 0.1) is 0 Å². The van der Waals surface area contributed by atoms with Gasteiger partial charge in [0, 0.05) is 18.7 Å². The summed E-state index contributed by atoms with van der Waals surface area (Å²) < 4.78 is 21.5. The maximum absolute atomic E-state index is 13.1. The van der Waals surface area contributed by atoms with E-state index in [-0.39, 0.29) is 17.2 Å². The molecule has 1 amide bonds. The summed E-state index contributed by atoms with van der Waals surface area (Å²) in [5.41, 5.74) is 0.798. The summed E-state index contributed by atoms with van der Waals surface area (Å²) in [6, 6.07) is 13.9. The Balaban J connectivity index is 1.89. The van der Waals surface area contributed by atoms with Crippen molar-refractivity contribution >= 4 is 11.9 Å². The van der Waals surface area contributed by atoms with Crippen LogP contribution in [0.5, 0.6) is 11.5 Å². The number of amides is 1. The minimum absolute atomic E-state index is 0.192.